The second-order valence-electron chi connectivity index (χ2n) is 10.2. The van der Waals surface area contributed by atoms with Crippen molar-refractivity contribution in [3.8, 4) is 0 Å². The van der Waals surface area contributed by atoms with Crippen LogP contribution in [0.4, 0.5) is 0 Å². The Morgan fingerprint density at radius 2 is 1.75 bits per heavy atom. The monoisotopic (exact) mass is 338 g/mol. The van der Waals surface area contributed by atoms with E-state index in [1.54, 1.807) is 0 Å². The standard InChI is InChI=1S/C20H34O4/c1-17(11-21)6-3-7-18(2)14-5-4-13-9-19(14,10-20(13,24)12-22)16(23)8-15(17)18/h13-16,21-24H,3-12H2,1-2H3/t13-,14+,15?,16+,17-,18+,19-,20+/m1/s1. The molecule has 1 spiro atoms. The zero-order valence-electron chi connectivity index (χ0n) is 15.2. The van der Waals surface area contributed by atoms with E-state index in [1.807, 2.05) is 0 Å². The van der Waals surface area contributed by atoms with Crippen LogP contribution in [0.1, 0.15) is 65.2 Å². The van der Waals surface area contributed by atoms with Crippen molar-refractivity contribution in [1.82, 2.24) is 0 Å². The predicted molar refractivity (Wildman–Crippen MR) is 91.2 cm³/mol. The first-order chi connectivity index (χ1) is 11.2. The van der Waals surface area contributed by atoms with Crippen molar-refractivity contribution in [3.05, 3.63) is 0 Å². The Kier molecular flexibility index (Phi) is 3.73. The SMILES string of the molecule is C[C@]1(CO)CCC[C@]2(C)C1C[C@H](O)[C@@]13C[C@@H](CC[C@H]12)[C@@](O)(CO)C3. The predicted octanol–water partition coefficient (Wildman–Crippen LogP) is 2.09. The summed E-state index contributed by atoms with van der Waals surface area (Å²) in [5.41, 5.74) is -1.22. The summed E-state index contributed by atoms with van der Waals surface area (Å²) in [7, 11) is 0. The summed E-state index contributed by atoms with van der Waals surface area (Å²) < 4.78 is 0. The summed E-state index contributed by atoms with van der Waals surface area (Å²) in [6, 6.07) is 0. The molecular formula is C20H34O4. The molecular weight excluding hydrogens is 304 g/mol. The van der Waals surface area contributed by atoms with E-state index in [-0.39, 0.29) is 35.4 Å². The van der Waals surface area contributed by atoms with E-state index in [2.05, 4.69) is 13.8 Å². The fourth-order valence-electron chi connectivity index (χ4n) is 8.02. The van der Waals surface area contributed by atoms with Gasteiger partial charge in [-0.05, 0) is 73.5 Å². The van der Waals surface area contributed by atoms with E-state index in [4.69, 9.17) is 0 Å². The van der Waals surface area contributed by atoms with Gasteiger partial charge in [-0.2, -0.15) is 0 Å². The Labute approximate surface area is 145 Å². The van der Waals surface area contributed by atoms with Crippen molar-refractivity contribution in [3.63, 3.8) is 0 Å². The molecule has 24 heavy (non-hydrogen) atoms. The van der Waals surface area contributed by atoms with E-state index >= 15 is 0 Å². The molecule has 0 aliphatic heterocycles. The highest BCUT2D eigenvalue weighted by Gasteiger charge is 2.70. The first-order valence-electron chi connectivity index (χ1n) is 9.86. The Hall–Kier alpha value is -0.160. The Morgan fingerprint density at radius 3 is 2.42 bits per heavy atom. The van der Waals surface area contributed by atoms with Crippen LogP contribution in [0.15, 0.2) is 0 Å². The van der Waals surface area contributed by atoms with Crippen LogP contribution in [-0.2, 0) is 0 Å². The third-order valence-corrected chi connectivity index (χ3v) is 9.17. The molecule has 4 aliphatic rings. The summed E-state index contributed by atoms with van der Waals surface area (Å²) >= 11 is 0. The summed E-state index contributed by atoms with van der Waals surface area (Å²) in [5, 5.41) is 42.0. The van der Waals surface area contributed by atoms with Crippen molar-refractivity contribution in [1.29, 1.82) is 0 Å². The molecule has 0 heterocycles. The van der Waals surface area contributed by atoms with E-state index in [0.29, 0.717) is 18.3 Å². The lowest BCUT2D eigenvalue weighted by molar-refractivity contribution is -0.206. The van der Waals surface area contributed by atoms with Crippen LogP contribution in [-0.4, -0.2) is 45.3 Å². The van der Waals surface area contributed by atoms with Crippen LogP contribution in [0, 0.1) is 34.0 Å². The van der Waals surface area contributed by atoms with E-state index in [0.717, 1.165) is 44.9 Å². The molecule has 4 aliphatic carbocycles. The zero-order valence-corrected chi connectivity index (χ0v) is 15.2. The highest BCUT2D eigenvalue weighted by atomic mass is 16.3. The summed E-state index contributed by atoms with van der Waals surface area (Å²) in [4.78, 5) is 0. The molecule has 4 N–H and O–H groups in total. The average Bonchev–Trinajstić information content (AvgIpc) is 2.78. The third-order valence-electron chi connectivity index (χ3n) is 9.17. The molecule has 0 aromatic carbocycles. The van der Waals surface area contributed by atoms with Gasteiger partial charge in [0.05, 0.1) is 18.3 Å². The van der Waals surface area contributed by atoms with Crippen molar-refractivity contribution in [2.45, 2.75) is 76.9 Å². The van der Waals surface area contributed by atoms with Crippen LogP contribution in [0.5, 0.6) is 0 Å². The summed E-state index contributed by atoms with van der Waals surface area (Å²) in [5.74, 6) is 0.858. The van der Waals surface area contributed by atoms with Gasteiger partial charge < -0.3 is 20.4 Å². The first kappa shape index (κ1) is 17.3. The van der Waals surface area contributed by atoms with Crippen LogP contribution in [0.2, 0.25) is 0 Å². The number of aliphatic hydroxyl groups excluding tert-OH is 3. The van der Waals surface area contributed by atoms with Gasteiger partial charge in [-0.25, -0.2) is 0 Å². The summed E-state index contributed by atoms with van der Waals surface area (Å²) in [6.45, 7) is 4.60. The molecule has 4 rings (SSSR count). The minimum absolute atomic E-state index is 0.0989. The second-order valence-corrected chi connectivity index (χ2v) is 10.2. The van der Waals surface area contributed by atoms with Gasteiger partial charge in [0.15, 0.2) is 0 Å². The molecule has 4 fully saturated rings. The lowest BCUT2D eigenvalue weighted by Gasteiger charge is -2.65. The maximum atomic E-state index is 11.2. The number of hydrogen-bond acceptors (Lipinski definition) is 4. The number of rotatable bonds is 2. The Balaban J connectivity index is 1.76. The molecule has 2 bridgehead atoms. The van der Waals surface area contributed by atoms with Crippen molar-refractivity contribution >= 4 is 0 Å². The van der Waals surface area contributed by atoms with Gasteiger partial charge in [0.1, 0.15) is 0 Å². The number of hydrogen-bond donors (Lipinski definition) is 4. The minimum Gasteiger partial charge on any atom is -0.396 e. The van der Waals surface area contributed by atoms with Crippen molar-refractivity contribution in [2.75, 3.05) is 13.2 Å². The van der Waals surface area contributed by atoms with Gasteiger partial charge in [-0.3, -0.25) is 0 Å². The fraction of sp³-hybridized carbons (Fsp3) is 1.00. The summed E-state index contributed by atoms with van der Waals surface area (Å²) in [6.07, 6.45) is 7.05. The maximum absolute atomic E-state index is 11.2. The lowest BCUT2D eigenvalue weighted by Crippen LogP contribution is -2.62. The highest BCUT2D eigenvalue weighted by Crippen LogP contribution is 2.72. The second kappa shape index (κ2) is 5.18. The van der Waals surface area contributed by atoms with Crippen LogP contribution >= 0.6 is 0 Å². The molecule has 138 valence electrons. The molecule has 4 heteroatoms. The van der Waals surface area contributed by atoms with Gasteiger partial charge in [0.25, 0.3) is 0 Å². The van der Waals surface area contributed by atoms with E-state index in [9.17, 15) is 20.4 Å². The van der Waals surface area contributed by atoms with Crippen molar-refractivity contribution in [2.24, 2.45) is 34.0 Å². The van der Waals surface area contributed by atoms with E-state index < -0.39 is 11.7 Å². The maximum Gasteiger partial charge on any atom is 0.0911 e. The Morgan fingerprint density at radius 1 is 1.00 bits per heavy atom. The average molecular weight is 338 g/mol. The molecule has 0 amide bonds. The third kappa shape index (κ3) is 1.94. The molecule has 0 radical (unpaired) electrons. The molecule has 0 saturated heterocycles. The van der Waals surface area contributed by atoms with Gasteiger partial charge >= 0.3 is 0 Å². The van der Waals surface area contributed by atoms with E-state index in [1.165, 1.54) is 0 Å². The molecule has 0 aromatic heterocycles. The van der Waals surface area contributed by atoms with Crippen LogP contribution < -0.4 is 0 Å². The lowest BCUT2D eigenvalue weighted by atomic mass is 9.40. The largest absolute Gasteiger partial charge is 0.396 e. The number of aliphatic hydroxyl groups is 4. The smallest absolute Gasteiger partial charge is 0.0911 e. The van der Waals surface area contributed by atoms with Gasteiger partial charge in [0, 0.05) is 12.0 Å². The van der Waals surface area contributed by atoms with Gasteiger partial charge in [-0.15, -0.1) is 0 Å². The van der Waals surface area contributed by atoms with Crippen LogP contribution in [0.3, 0.4) is 0 Å². The minimum atomic E-state index is -1.01. The highest BCUT2D eigenvalue weighted by molar-refractivity contribution is 5.19. The molecule has 4 saturated carbocycles. The number of fused-ring (bicyclic) bond motifs is 3. The van der Waals surface area contributed by atoms with Gasteiger partial charge in [-0.1, -0.05) is 20.3 Å². The topological polar surface area (TPSA) is 80.9 Å². The molecule has 8 atom stereocenters. The van der Waals surface area contributed by atoms with Crippen LogP contribution in [0.25, 0.3) is 0 Å². The zero-order chi connectivity index (χ0) is 17.4. The molecule has 0 aromatic rings. The quantitative estimate of drug-likeness (QED) is 0.621. The van der Waals surface area contributed by atoms with Gasteiger partial charge in [0.2, 0.25) is 0 Å². The molecule has 4 nitrogen and oxygen atoms in total. The Bertz CT molecular complexity index is 524. The molecule has 1 unspecified atom stereocenters. The first-order valence-corrected chi connectivity index (χ1v) is 9.86. The van der Waals surface area contributed by atoms with Crippen molar-refractivity contribution < 1.29 is 20.4 Å². The fourth-order valence-corrected chi connectivity index (χ4v) is 8.02. The normalized spacial score (nSPS) is 59.8.